The number of methoxy groups -OCH3 is 1. The van der Waals surface area contributed by atoms with Gasteiger partial charge in [0.05, 0.1) is 12.8 Å². The van der Waals surface area contributed by atoms with E-state index in [2.05, 4.69) is 21.0 Å². The minimum atomic E-state index is -4.83. The van der Waals surface area contributed by atoms with E-state index in [1.165, 1.54) is 38.3 Å². The number of rotatable bonds is 4. The number of amidine groups is 1. The minimum absolute atomic E-state index is 0.0249. The van der Waals surface area contributed by atoms with Crippen molar-refractivity contribution >= 4 is 46.7 Å². The van der Waals surface area contributed by atoms with Crippen molar-refractivity contribution in [2.24, 2.45) is 10.3 Å². The molecule has 8 nitrogen and oxygen atoms in total. The van der Waals surface area contributed by atoms with E-state index in [0.29, 0.717) is 11.1 Å². The van der Waals surface area contributed by atoms with Gasteiger partial charge in [-0.15, -0.1) is 5.10 Å². The Kier molecular flexibility index (Phi) is 7.61. The number of carbonyl (C=O) groups is 2. The summed E-state index contributed by atoms with van der Waals surface area (Å²) in [6, 6.07) is 7.69. The van der Waals surface area contributed by atoms with Crippen LogP contribution in [0.1, 0.15) is 40.4 Å². The van der Waals surface area contributed by atoms with Crippen molar-refractivity contribution in [3.8, 4) is 0 Å². The molecular weight excluding hydrogens is 512 g/mol. The fraction of sp³-hybridized carbons (Fsp3) is 0.273. The second-order valence-electron chi connectivity index (χ2n) is 7.56. The fourth-order valence-electron chi connectivity index (χ4n) is 3.36. The summed E-state index contributed by atoms with van der Waals surface area (Å²) in [4.78, 5) is 28.6. The number of aryl methyl sites for hydroxylation is 1. The Morgan fingerprint density at radius 3 is 2.37 bits per heavy atom. The van der Waals surface area contributed by atoms with Crippen LogP contribution in [0.25, 0.3) is 0 Å². The Balaban J connectivity index is 1.86. The predicted molar refractivity (Wildman–Crippen MR) is 123 cm³/mol. The highest BCUT2D eigenvalue weighted by Crippen LogP contribution is 2.49. The molecule has 1 atom stereocenters. The summed E-state index contributed by atoms with van der Waals surface area (Å²) in [5, 5.41) is 9.74. The van der Waals surface area contributed by atoms with Crippen molar-refractivity contribution in [3.05, 3.63) is 68.7 Å². The predicted octanol–water partition coefficient (Wildman–Crippen LogP) is 4.67. The average Bonchev–Trinajstić information content (AvgIpc) is 3.22. The number of ether oxygens (including phenoxy) is 1. The molecule has 0 saturated carbocycles. The molecule has 0 radical (unpaired) electrons. The first kappa shape index (κ1) is 26.3. The highest BCUT2D eigenvalue weighted by molar-refractivity contribution is 6.34. The van der Waals surface area contributed by atoms with Gasteiger partial charge < -0.3 is 9.57 Å². The van der Waals surface area contributed by atoms with Crippen LogP contribution in [0.4, 0.5) is 13.2 Å². The van der Waals surface area contributed by atoms with Gasteiger partial charge in [0, 0.05) is 34.5 Å². The van der Waals surface area contributed by atoms with E-state index in [1.54, 1.807) is 6.92 Å². The van der Waals surface area contributed by atoms with Gasteiger partial charge >= 0.3 is 12.2 Å². The monoisotopic (exact) mass is 530 g/mol. The van der Waals surface area contributed by atoms with Crippen LogP contribution in [0.5, 0.6) is 0 Å². The van der Waals surface area contributed by atoms with Crippen LogP contribution in [-0.4, -0.2) is 36.8 Å². The van der Waals surface area contributed by atoms with Crippen molar-refractivity contribution in [1.29, 1.82) is 0 Å². The maximum absolute atomic E-state index is 14.2. The maximum atomic E-state index is 14.2. The van der Waals surface area contributed by atoms with E-state index < -0.39 is 30.0 Å². The summed E-state index contributed by atoms with van der Waals surface area (Å²) in [7, 11) is 1.25. The third kappa shape index (κ3) is 5.68. The lowest BCUT2D eigenvalue weighted by molar-refractivity contribution is -0.275. The second kappa shape index (κ2) is 10.1. The number of carbonyl (C=O) groups excluding carboxylic acids is 2. The van der Waals surface area contributed by atoms with Crippen molar-refractivity contribution < 1.29 is 32.3 Å². The number of amides is 2. The number of hydrogen-bond acceptors (Lipinski definition) is 6. The van der Waals surface area contributed by atoms with E-state index in [4.69, 9.17) is 32.8 Å². The number of oxime groups is 1. The zero-order valence-electron chi connectivity index (χ0n) is 18.6. The van der Waals surface area contributed by atoms with Crippen LogP contribution in [0.3, 0.4) is 0 Å². The molecule has 35 heavy (non-hydrogen) atoms. The molecule has 2 aromatic rings. The van der Waals surface area contributed by atoms with Crippen LogP contribution in [0.15, 0.2) is 46.7 Å². The first-order valence-corrected chi connectivity index (χ1v) is 10.7. The first-order valence-electron chi connectivity index (χ1n) is 9.95. The molecule has 0 fully saturated rings. The third-order valence-corrected chi connectivity index (χ3v) is 5.48. The smallest absolute Gasteiger partial charge is 0.435 e. The highest BCUT2D eigenvalue weighted by Gasteiger charge is 2.62. The van der Waals surface area contributed by atoms with Gasteiger partial charge in [0.2, 0.25) is 5.91 Å². The number of benzene rings is 2. The SMILES string of the molecule is CO/C(=N\NC(C)=O)NC(=O)c1ccc(C2=NOC(c3cc(Cl)cc(Cl)c3)(C(F)(F)F)C2)cc1C. The molecule has 0 spiro atoms. The number of halogens is 5. The molecule has 1 aliphatic rings. The molecule has 13 heteroatoms. The van der Waals surface area contributed by atoms with Gasteiger partial charge in [0.1, 0.15) is 0 Å². The third-order valence-electron chi connectivity index (χ3n) is 5.05. The molecule has 0 saturated heterocycles. The van der Waals surface area contributed by atoms with Gasteiger partial charge in [-0.05, 0) is 48.4 Å². The quantitative estimate of drug-likeness (QED) is 0.340. The molecule has 0 bridgehead atoms. The normalized spacial score (nSPS) is 17.9. The van der Waals surface area contributed by atoms with Crippen molar-refractivity contribution in [3.63, 3.8) is 0 Å². The zero-order valence-corrected chi connectivity index (χ0v) is 20.1. The molecule has 3 rings (SSSR count). The molecule has 1 unspecified atom stereocenters. The Bertz CT molecular complexity index is 1210. The summed E-state index contributed by atoms with van der Waals surface area (Å²) < 4.78 is 47.4. The highest BCUT2D eigenvalue weighted by atomic mass is 35.5. The number of nitrogens with one attached hydrogen (secondary N) is 2. The topological polar surface area (TPSA) is 101 Å². The van der Waals surface area contributed by atoms with Crippen LogP contribution in [0.2, 0.25) is 10.0 Å². The number of nitrogens with zero attached hydrogens (tertiary/aromatic N) is 2. The van der Waals surface area contributed by atoms with Gasteiger partial charge in [0.25, 0.3) is 11.5 Å². The molecule has 1 aliphatic heterocycles. The van der Waals surface area contributed by atoms with Crippen LogP contribution >= 0.6 is 23.2 Å². The van der Waals surface area contributed by atoms with E-state index >= 15 is 0 Å². The average molecular weight is 531 g/mol. The van der Waals surface area contributed by atoms with Gasteiger partial charge in [-0.25, -0.2) is 5.43 Å². The van der Waals surface area contributed by atoms with E-state index in [0.717, 1.165) is 12.1 Å². The van der Waals surface area contributed by atoms with Crippen LogP contribution in [0, 0.1) is 6.92 Å². The van der Waals surface area contributed by atoms with Gasteiger partial charge in [-0.1, -0.05) is 34.4 Å². The molecule has 2 amide bonds. The Hall–Kier alpha value is -3.31. The summed E-state index contributed by atoms with van der Waals surface area (Å²) >= 11 is 11.8. The molecule has 186 valence electrons. The first-order chi connectivity index (χ1) is 16.4. The van der Waals surface area contributed by atoms with Crippen LogP contribution < -0.4 is 10.7 Å². The Morgan fingerprint density at radius 1 is 1.17 bits per heavy atom. The lowest BCUT2D eigenvalue weighted by Gasteiger charge is -2.29. The van der Waals surface area contributed by atoms with Gasteiger partial charge in [-0.3, -0.25) is 14.9 Å². The Morgan fingerprint density at radius 2 is 1.83 bits per heavy atom. The Labute approximate surface area is 208 Å². The van der Waals surface area contributed by atoms with Gasteiger partial charge in [0.15, 0.2) is 0 Å². The number of hydrazone groups is 1. The minimum Gasteiger partial charge on any atom is -0.467 e. The number of hydrogen-bond donors (Lipinski definition) is 2. The number of alkyl halides is 3. The molecule has 0 aliphatic carbocycles. The summed E-state index contributed by atoms with van der Waals surface area (Å²) in [5.74, 6) is -1.08. The standard InChI is InChI=1S/C22H19Cl2F3N4O4/c1-11-6-13(4-5-17(11)19(33)28-20(34-3)30-29-12(2)32)18-10-21(35-31-18,22(25,26)27)14-7-15(23)9-16(24)8-14/h4-9H,10H2,1-3H3,(H,29,32)(H,28,30,33). The maximum Gasteiger partial charge on any atom is 0.435 e. The fourth-order valence-corrected chi connectivity index (χ4v) is 3.89. The summed E-state index contributed by atoms with van der Waals surface area (Å²) in [6.07, 6.45) is -5.46. The van der Waals surface area contributed by atoms with Crippen molar-refractivity contribution in [1.82, 2.24) is 10.7 Å². The van der Waals surface area contributed by atoms with Crippen molar-refractivity contribution in [2.75, 3.05) is 7.11 Å². The largest absolute Gasteiger partial charge is 0.467 e. The second-order valence-corrected chi connectivity index (χ2v) is 8.43. The molecule has 2 N–H and O–H groups in total. The van der Waals surface area contributed by atoms with Gasteiger partial charge in [-0.2, -0.15) is 13.2 Å². The molecule has 2 aromatic carbocycles. The van der Waals surface area contributed by atoms with E-state index in [1.807, 2.05) is 0 Å². The van der Waals surface area contributed by atoms with Crippen molar-refractivity contribution in [2.45, 2.75) is 32.0 Å². The summed E-state index contributed by atoms with van der Waals surface area (Å²) in [6.45, 7) is 2.82. The molecular formula is C22H19Cl2F3N4O4. The summed E-state index contributed by atoms with van der Waals surface area (Å²) in [5.41, 5.74) is 0.0714. The van der Waals surface area contributed by atoms with Crippen LogP contribution in [-0.2, 0) is 20.0 Å². The molecule has 1 heterocycles. The molecule has 0 aromatic heterocycles. The lowest BCUT2D eigenvalue weighted by Crippen LogP contribution is -2.42. The van der Waals surface area contributed by atoms with E-state index in [-0.39, 0.29) is 32.9 Å². The zero-order chi connectivity index (χ0) is 26.0. The van der Waals surface area contributed by atoms with E-state index in [9.17, 15) is 22.8 Å². The lowest BCUT2D eigenvalue weighted by atomic mass is 9.86.